The number of halogens is 1. The molecule has 19 heavy (non-hydrogen) atoms. The zero-order valence-electron chi connectivity index (χ0n) is 11.1. The van der Waals surface area contributed by atoms with Crippen molar-refractivity contribution in [2.75, 3.05) is 13.6 Å². The zero-order chi connectivity index (χ0) is 13.1. The average molecular weight is 299 g/mol. The molecule has 1 aromatic carbocycles. The number of fused-ring (bicyclic) bond motifs is 1. The fourth-order valence-corrected chi connectivity index (χ4v) is 2.92. The molecular formula is C14H19ClN2OS. The maximum absolute atomic E-state index is 12.0. The molecule has 0 aliphatic heterocycles. The Bertz CT molecular complexity index is 555. The third kappa shape index (κ3) is 3.47. The van der Waals surface area contributed by atoms with Crippen molar-refractivity contribution in [2.24, 2.45) is 11.7 Å². The summed E-state index contributed by atoms with van der Waals surface area (Å²) < 4.78 is 1.26. The van der Waals surface area contributed by atoms with Crippen LogP contribution in [0, 0.1) is 5.92 Å². The molecule has 0 saturated carbocycles. The summed E-state index contributed by atoms with van der Waals surface area (Å²) in [7, 11) is 1.83. The Hall–Kier alpha value is -1.10. The van der Waals surface area contributed by atoms with Crippen LogP contribution in [0.4, 0.5) is 0 Å². The molecule has 0 saturated heterocycles. The summed E-state index contributed by atoms with van der Waals surface area (Å²) in [5, 5.41) is 3.37. The van der Waals surface area contributed by atoms with E-state index in [4.69, 9.17) is 5.73 Å². The molecule has 3 nitrogen and oxygen atoms in total. The molecule has 1 amide bonds. The molecule has 2 rings (SSSR count). The third-order valence-electron chi connectivity index (χ3n) is 3.12. The van der Waals surface area contributed by atoms with E-state index in [9.17, 15) is 4.79 Å². The number of hydrogen-bond acceptors (Lipinski definition) is 3. The SMILES string of the molecule is CC(CN)C(=O)N(C)Cc1csc2ccccc12.Cl. The molecule has 0 bridgehead atoms. The van der Waals surface area contributed by atoms with Gasteiger partial charge in [-0.3, -0.25) is 4.79 Å². The highest BCUT2D eigenvalue weighted by molar-refractivity contribution is 7.17. The van der Waals surface area contributed by atoms with Crippen molar-refractivity contribution >= 4 is 39.7 Å². The molecule has 2 aromatic rings. The fraction of sp³-hybridized carbons (Fsp3) is 0.357. The quantitative estimate of drug-likeness (QED) is 0.943. The number of carbonyl (C=O) groups is 1. The van der Waals surface area contributed by atoms with Crippen LogP contribution in [0.1, 0.15) is 12.5 Å². The fourth-order valence-electron chi connectivity index (χ4n) is 1.97. The summed E-state index contributed by atoms with van der Waals surface area (Å²) in [5.41, 5.74) is 6.73. The standard InChI is InChI=1S/C14H18N2OS.ClH/c1-10(7-15)14(17)16(2)8-11-9-18-13-6-4-3-5-12(11)13;/h3-6,9-10H,7-8,15H2,1-2H3;1H. The van der Waals surface area contributed by atoms with Gasteiger partial charge in [0.1, 0.15) is 0 Å². The Balaban J connectivity index is 0.00000180. The number of rotatable bonds is 4. The predicted octanol–water partition coefficient (Wildman–Crippen LogP) is 2.88. The van der Waals surface area contributed by atoms with Crippen molar-refractivity contribution in [1.29, 1.82) is 0 Å². The Kier molecular flexibility index (Phi) is 5.79. The third-order valence-corrected chi connectivity index (χ3v) is 4.13. The Morgan fingerprint density at radius 1 is 1.42 bits per heavy atom. The first-order chi connectivity index (χ1) is 8.63. The van der Waals surface area contributed by atoms with Crippen LogP contribution in [-0.2, 0) is 11.3 Å². The van der Waals surface area contributed by atoms with Crippen LogP contribution < -0.4 is 5.73 Å². The number of nitrogens with two attached hydrogens (primary N) is 1. The summed E-state index contributed by atoms with van der Waals surface area (Å²) in [6, 6.07) is 8.27. The van der Waals surface area contributed by atoms with Crippen LogP contribution in [0.25, 0.3) is 10.1 Å². The highest BCUT2D eigenvalue weighted by Gasteiger charge is 2.17. The zero-order valence-corrected chi connectivity index (χ0v) is 12.8. The molecule has 1 heterocycles. The Morgan fingerprint density at radius 2 is 2.11 bits per heavy atom. The van der Waals surface area contributed by atoms with Crippen LogP contribution in [0.2, 0.25) is 0 Å². The number of hydrogen-bond donors (Lipinski definition) is 1. The summed E-state index contributed by atoms with van der Waals surface area (Å²) in [5.74, 6) is -0.00678. The predicted molar refractivity (Wildman–Crippen MR) is 83.8 cm³/mol. The van der Waals surface area contributed by atoms with E-state index >= 15 is 0 Å². The second kappa shape index (κ2) is 6.89. The lowest BCUT2D eigenvalue weighted by Gasteiger charge is -2.20. The lowest BCUT2D eigenvalue weighted by atomic mass is 10.1. The molecular weight excluding hydrogens is 280 g/mol. The van der Waals surface area contributed by atoms with E-state index in [1.165, 1.54) is 15.6 Å². The van der Waals surface area contributed by atoms with Crippen molar-refractivity contribution < 1.29 is 4.79 Å². The van der Waals surface area contributed by atoms with Crippen LogP contribution >= 0.6 is 23.7 Å². The van der Waals surface area contributed by atoms with Crippen LogP contribution in [-0.4, -0.2) is 24.4 Å². The van der Waals surface area contributed by atoms with Crippen LogP contribution in [0.15, 0.2) is 29.6 Å². The van der Waals surface area contributed by atoms with Crippen molar-refractivity contribution in [3.05, 3.63) is 35.2 Å². The topological polar surface area (TPSA) is 46.3 Å². The van der Waals surface area contributed by atoms with E-state index in [-0.39, 0.29) is 24.2 Å². The first-order valence-corrected chi connectivity index (χ1v) is 6.91. The van der Waals surface area contributed by atoms with Crippen LogP contribution in [0.3, 0.4) is 0 Å². The Morgan fingerprint density at radius 3 is 2.79 bits per heavy atom. The molecule has 1 aromatic heterocycles. The van der Waals surface area contributed by atoms with Gasteiger partial charge in [-0.05, 0) is 22.4 Å². The van der Waals surface area contributed by atoms with E-state index < -0.39 is 0 Å². The lowest BCUT2D eigenvalue weighted by molar-refractivity contribution is -0.133. The minimum absolute atomic E-state index is 0. The molecule has 0 spiro atoms. The summed E-state index contributed by atoms with van der Waals surface area (Å²) in [6.45, 7) is 2.91. The molecule has 1 atom stereocenters. The van der Waals surface area contributed by atoms with Gasteiger partial charge in [-0.1, -0.05) is 25.1 Å². The van der Waals surface area contributed by atoms with E-state index in [1.54, 1.807) is 16.2 Å². The van der Waals surface area contributed by atoms with Crippen molar-refractivity contribution in [3.63, 3.8) is 0 Å². The monoisotopic (exact) mass is 298 g/mol. The number of thiophene rings is 1. The number of benzene rings is 1. The van der Waals surface area contributed by atoms with Gasteiger partial charge in [0.2, 0.25) is 5.91 Å². The van der Waals surface area contributed by atoms with Gasteiger partial charge in [0.05, 0.1) is 0 Å². The smallest absolute Gasteiger partial charge is 0.226 e. The van der Waals surface area contributed by atoms with E-state index in [0.717, 1.165) is 0 Å². The normalized spacial score (nSPS) is 11.9. The highest BCUT2D eigenvalue weighted by Crippen LogP contribution is 2.26. The van der Waals surface area contributed by atoms with Crippen molar-refractivity contribution in [3.8, 4) is 0 Å². The number of carbonyl (C=O) groups excluding carboxylic acids is 1. The molecule has 0 fully saturated rings. The summed E-state index contributed by atoms with van der Waals surface area (Å²) >= 11 is 1.72. The molecule has 2 N–H and O–H groups in total. The van der Waals surface area contributed by atoms with Gasteiger partial charge in [0, 0.05) is 30.8 Å². The number of amides is 1. The van der Waals surface area contributed by atoms with Gasteiger partial charge >= 0.3 is 0 Å². The molecule has 0 aliphatic rings. The van der Waals surface area contributed by atoms with Gasteiger partial charge in [-0.25, -0.2) is 0 Å². The van der Waals surface area contributed by atoms with Crippen molar-refractivity contribution in [1.82, 2.24) is 4.90 Å². The van der Waals surface area contributed by atoms with Gasteiger partial charge in [-0.2, -0.15) is 0 Å². The number of nitrogens with zero attached hydrogens (tertiary/aromatic N) is 1. The van der Waals surface area contributed by atoms with Crippen LogP contribution in [0.5, 0.6) is 0 Å². The molecule has 1 unspecified atom stereocenters. The second-order valence-corrected chi connectivity index (χ2v) is 5.50. The second-order valence-electron chi connectivity index (χ2n) is 4.59. The first kappa shape index (κ1) is 16.0. The maximum Gasteiger partial charge on any atom is 0.226 e. The Labute approximate surface area is 123 Å². The summed E-state index contributed by atoms with van der Waals surface area (Å²) in [4.78, 5) is 13.7. The summed E-state index contributed by atoms with van der Waals surface area (Å²) in [6.07, 6.45) is 0. The molecule has 5 heteroatoms. The maximum atomic E-state index is 12.0. The van der Waals surface area contributed by atoms with E-state index in [2.05, 4.69) is 17.5 Å². The van der Waals surface area contributed by atoms with Crippen molar-refractivity contribution in [2.45, 2.75) is 13.5 Å². The molecule has 0 radical (unpaired) electrons. The van der Waals surface area contributed by atoms with Gasteiger partial charge < -0.3 is 10.6 Å². The van der Waals surface area contributed by atoms with Gasteiger partial charge in [-0.15, -0.1) is 23.7 Å². The van der Waals surface area contributed by atoms with E-state index in [1.807, 2.05) is 26.1 Å². The van der Waals surface area contributed by atoms with E-state index in [0.29, 0.717) is 13.1 Å². The minimum Gasteiger partial charge on any atom is -0.341 e. The lowest BCUT2D eigenvalue weighted by Crippen LogP contribution is -2.34. The highest BCUT2D eigenvalue weighted by atomic mass is 35.5. The van der Waals surface area contributed by atoms with Gasteiger partial charge in [0.15, 0.2) is 0 Å². The minimum atomic E-state index is -0.111. The molecule has 104 valence electrons. The molecule has 0 aliphatic carbocycles. The first-order valence-electron chi connectivity index (χ1n) is 6.03. The average Bonchev–Trinajstić information content (AvgIpc) is 2.80. The van der Waals surface area contributed by atoms with Gasteiger partial charge in [0.25, 0.3) is 0 Å². The largest absolute Gasteiger partial charge is 0.341 e.